The van der Waals surface area contributed by atoms with Crippen LogP contribution in [-0.2, 0) is 16.1 Å². The molecule has 6 nitrogen and oxygen atoms in total. The summed E-state index contributed by atoms with van der Waals surface area (Å²) in [5.41, 5.74) is 2.25. The second-order valence-corrected chi connectivity index (χ2v) is 6.56. The minimum Gasteiger partial charge on any atom is -0.340 e. The number of piperazine rings is 1. The van der Waals surface area contributed by atoms with Crippen LogP contribution in [0, 0.1) is 11.3 Å². The summed E-state index contributed by atoms with van der Waals surface area (Å²) in [6.07, 6.45) is -0.185. The lowest BCUT2D eigenvalue weighted by molar-refractivity contribution is -0.136. The van der Waals surface area contributed by atoms with Gasteiger partial charge in [-0.1, -0.05) is 36.4 Å². The Morgan fingerprint density at radius 3 is 2.44 bits per heavy atom. The van der Waals surface area contributed by atoms with Crippen LogP contribution in [0.4, 0.5) is 5.69 Å². The molecule has 0 saturated carbocycles. The van der Waals surface area contributed by atoms with Crippen LogP contribution in [0.15, 0.2) is 54.6 Å². The van der Waals surface area contributed by atoms with Gasteiger partial charge < -0.3 is 10.2 Å². The average Bonchev–Trinajstić information content (AvgIpc) is 2.69. The number of nitrogens with one attached hydrogen (secondary N) is 1. The van der Waals surface area contributed by atoms with E-state index in [1.54, 1.807) is 29.2 Å². The fourth-order valence-corrected chi connectivity index (χ4v) is 3.12. The quantitative estimate of drug-likeness (QED) is 0.828. The van der Waals surface area contributed by atoms with Crippen molar-refractivity contribution in [3.05, 3.63) is 65.7 Å². The van der Waals surface area contributed by atoms with E-state index >= 15 is 0 Å². The molecule has 0 aromatic heterocycles. The largest absolute Gasteiger partial charge is 0.340 e. The number of carbonyl (C=O) groups is 2. The zero-order valence-electron chi connectivity index (χ0n) is 15.1. The third-order valence-corrected chi connectivity index (χ3v) is 4.56. The summed E-state index contributed by atoms with van der Waals surface area (Å²) in [5, 5.41) is 11.6. The summed E-state index contributed by atoms with van der Waals surface area (Å²) in [4.78, 5) is 28.6. The van der Waals surface area contributed by atoms with Gasteiger partial charge in [-0.2, -0.15) is 5.26 Å². The first-order valence-electron chi connectivity index (χ1n) is 8.98. The maximum atomic E-state index is 12.4. The van der Waals surface area contributed by atoms with Gasteiger partial charge in [-0.05, 0) is 23.8 Å². The van der Waals surface area contributed by atoms with Crippen molar-refractivity contribution < 1.29 is 9.59 Å². The highest BCUT2D eigenvalue weighted by atomic mass is 16.2. The van der Waals surface area contributed by atoms with Gasteiger partial charge in [0.1, 0.15) is 6.42 Å². The van der Waals surface area contributed by atoms with Crippen LogP contribution in [-0.4, -0.2) is 47.8 Å². The van der Waals surface area contributed by atoms with Gasteiger partial charge in [-0.15, -0.1) is 0 Å². The minimum atomic E-state index is -0.359. The van der Waals surface area contributed by atoms with E-state index in [2.05, 4.69) is 22.3 Å². The van der Waals surface area contributed by atoms with Crippen molar-refractivity contribution >= 4 is 17.5 Å². The van der Waals surface area contributed by atoms with E-state index in [0.717, 1.165) is 19.6 Å². The van der Waals surface area contributed by atoms with Crippen LogP contribution in [0.2, 0.25) is 0 Å². The molecule has 1 N–H and O–H groups in total. The molecule has 2 amide bonds. The fourth-order valence-electron chi connectivity index (χ4n) is 3.12. The number of anilines is 1. The van der Waals surface area contributed by atoms with Gasteiger partial charge in [0.25, 0.3) is 0 Å². The third-order valence-electron chi connectivity index (χ3n) is 4.56. The highest BCUT2D eigenvalue weighted by molar-refractivity contribution is 6.03. The Bertz CT molecular complexity index is 837. The number of rotatable bonds is 5. The first kappa shape index (κ1) is 18.6. The monoisotopic (exact) mass is 362 g/mol. The molecule has 27 heavy (non-hydrogen) atoms. The minimum absolute atomic E-state index is 0.164. The molecular weight excluding hydrogens is 340 g/mol. The first-order chi connectivity index (χ1) is 13.1. The zero-order chi connectivity index (χ0) is 19.1. The van der Waals surface area contributed by atoms with Gasteiger partial charge in [0.2, 0.25) is 11.8 Å². The molecule has 1 aliphatic rings. The van der Waals surface area contributed by atoms with Crippen molar-refractivity contribution in [2.45, 2.75) is 13.0 Å². The fraction of sp³-hybridized carbons (Fsp3) is 0.286. The van der Waals surface area contributed by atoms with E-state index < -0.39 is 0 Å². The van der Waals surface area contributed by atoms with Crippen LogP contribution in [0.3, 0.4) is 0 Å². The molecule has 138 valence electrons. The Kier molecular flexibility index (Phi) is 6.18. The number of amides is 2. The summed E-state index contributed by atoms with van der Waals surface area (Å²) in [6, 6.07) is 18.9. The normalized spacial score (nSPS) is 14.4. The molecule has 1 fully saturated rings. The molecule has 0 aliphatic carbocycles. The summed E-state index contributed by atoms with van der Waals surface area (Å²) in [5.74, 6) is -0.523. The number of hydrogen-bond acceptors (Lipinski definition) is 4. The predicted molar refractivity (Wildman–Crippen MR) is 103 cm³/mol. The molecule has 0 atom stereocenters. The molecule has 2 aromatic carbocycles. The highest BCUT2D eigenvalue weighted by Gasteiger charge is 2.22. The lowest BCUT2D eigenvalue weighted by Crippen LogP contribution is -2.48. The van der Waals surface area contributed by atoms with Crippen LogP contribution in [0.5, 0.6) is 0 Å². The first-order valence-corrected chi connectivity index (χ1v) is 8.98. The van der Waals surface area contributed by atoms with E-state index in [4.69, 9.17) is 5.26 Å². The zero-order valence-corrected chi connectivity index (χ0v) is 15.1. The molecule has 6 heteroatoms. The van der Waals surface area contributed by atoms with Crippen LogP contribution in [0.1, 0.15) is 17.5 Å². The molecule has 3 rings (SSSR count). The molecule has 0 bridgehead atoms. The van der Waals surface area contributed by atoms with Crippen molar-refractivity contribution in [1.29, 1.82) is 5.26 Å². The SMILES string of the molecule is N#Cc1cccc(NC(=O)CC(=O)N2CCN(Cc3ccccc3)CC2)c1. The average molecular weight is 362 g/mol. The molecule has 1 saturated heterocycles. The molecule has 1 heterocycles. The maximum absolute atomic E-state index is 12.4. The lowest BCUT2D eigenvalue weighted by Gasteiger charge is -2.34. The molecule has 1 aliphatic heterocycles. The molecular formula is C21H22N4O2. The second-order valence-electron chi connectivity index (χ2n) is 6.56. The molecule has 0 unspecified atom stereocenters. The highest BCUT2D eigenvalue weighted by Crippen LogP contribution is 2.12. The van der Waals surface area contributed by atoms with Crippen molar-refractivity contribution in [2.75, 3.05) is 31.5 Å². The van der Waals surface area contributed by atoms with Gasteiger partial charge in [-0.25, -0.2) is 0 Å². The Labute approximate surface area is 159 Å². The third kappa shape index (κ3) is 5.40. The number of benzene rings is 2. The van der Waals surface area contributed by atoms with E-state index in [0.29, 0.717) is 24.3 Å². The smallest absolute Gasteiger partial charge is 0.233 e. The van der Waals surface area contributed by atoms with Gasteiger partial charge in [-0.3, -0.25) is 14.5 Å². The van der Waals surface area contributed by atoms with E-state index in [9.17, 15) is 9.59 Å². The van der Waals surface area contributed by atoms with Gasteiger partial charge in [0.05, 0.1) is 11.6 Å². The van der Waals surface area contributed by atoms with Gasteiger partial charge >= 0.3 is 0 Å². The van der Waals surface area contributed by atoms with E-state index in [-0.39, 0.29) is 18.2 Å². The van der Waals surface area contributed by atoms with Crippen molar-refractivity contribution in [1.82, 2.24) is 9.80 Å². The van der Waals surface area contributed by atoms with E-state index in [1.165, 1.54) is 5.56 Å². The lowest BCUT2D eigenvalue weighted by atomic mass is 10.2. The van der Waals surface area contributed by atoms with Crippen LogP contribution < -0.4 is 5.32 Å². The Morgan fingerprint density at radius 2 is 1.74 bits per heavy atom. The van der Waals surface area contributed by atoms with Crippen molar-refractivity contribution in [3.63, 3.8) is 0 Å². The number of carbonyl (C=O) groups excluding carboxylic acids is 2. The molecule has 0 spiro atoms. The summed E-state index contributed by atoms with van der Waals surface area (Å²) < 4.78 is 0. The predicted octanol–water partition coefficient (Wildman–Crippen LogP) is 2.23. The Balaban J connectivity index is 1.45. The number of nitrogens with zero attached hydrogens (tertiary/aromatic N) is 3. The molecule has 0 radical (unpaired) electrons. The van der Waals surface area contributed by atoms with Crippen LogP contribution in [0.25, 0.3) is 0 Å². The van der Waals surface area contributed by atoms with Crippen molar-refractivity contribution in [2.24, 2.45) is 0 Å². The topological polar surface area (TPSA) is 76.4 Å². The Morgan fingerprint density at radius 1 is 1.00 bits per heavy atom. The summed E-state index contributed by atoms with van der Waals surface area (Å²) in [6.45, 7) is 3.73. The maximum Gasteiger partial charge on any atom is 0.233 e. The molecule has 2 aromatic rings. The standard InChI is InChI=1S/C21H22N4O2/c22-15-18-7-4-8-19(13-18)23-20(26)14-21(27)25-11-9-24(10-12-25)16-17-5-2-1-3-6-17/h1-8,13H,9-12,14,16H2,(H,23,26). The summed E-state index contributed by atoms with van der Waals surface area (Å²) in [7, 11) is 0. The van der Waals surface area contributed by atoms with E-state index in [1.807, 2.05) is 24.3 Å². The van der Waals surface area contributed by atoms with Crippen molar-refractivity contribution in [3.8, 4) is 6.07 Å². The number of hydrogen-bond donors (Lipinski definition) is 1. The van der Waals surface area contributed by atoms with Crippen LogP contribution >= 0.6 is 0 Å². The Hall–Kier alpha value is -3.17. The number of nitriles is 1. The van der Waals surface area contributed by atoms with Gasteiger partial charge in [0, 0.05) is 38.4 Å². The van der Waals surface area contributed by atoms with Gasteiger partial charge in [0.15, 0.2) is 0 Å². The second kappa shape index (κ2) is 8.97. The summed E-state index contributed by atoms with van der Waals surface area (Å²) >= 11 is 0.